The Kier molecular flexibility index (Phi) is 5.36. The average Bonchev–Trinajstić information content (AvgIpc) is 2.69. The van der Waals surface area contributed by atoms with Crippen molar-refractivity contribution >= 4 is 6.29 Å². The lowest BCUT2D eigenvalue weighted by atomic mass is 10.0. The smallest absolute Gasteiger partial charge is 0.168 e. The van der Waals surface area contributed by atoms with Gasteiger partial charge in [0.25, 0.3) is 0 Å². The highest BCUT2D eigenvalue weighted by Gasteiger charge is 2.11. The summed E-state index contributed by atoms with van der Waals surface area (Å²) in [6.07, 6.45) is -0.500. The molecular weight excluding hydrogens is 337 g/mol. The van der Waals surface area contributed by atoms with Gasteiger partial charge in [-0.3, -0.25) is 4.79 Å². The van der Waals surface area contributed by atoms with E-state index in [1.807, 2.05) is 0 Å². The molecule has 0 bridgehead atoms. The lowest BCUT2D eigenvalue weighted by Crippen LogP contribution is -2.05. The zero-order valence-electron chi connectivity index (χ0n) is 13.7. The molecule has 0 aliphatic carbocycles. The van der Waals surface area contributed by atoms with Gasteiger partial charge in [-0.05, 0) is 66.2 Å². The summed E-state index contributed by atoms with van der Waals surface area (Å²) < 4.78 is 18.6. The van der Waals surface area contributed by atoms with Crippen molar-refractivity contribution in [1.29, 1.82) is 0 Å². The van der Waals surface area contributed by atoms with Gasteiger partial charge in [-0.15, -0.1) is 0 Å². The molecule has 0 spiro atoms. The SMILES string of the molecule is O=Cc1cc([C@@H](O)CO)cc(-c2ccc(Oc3ccc(F)cc3)cc2)n1. The molecule has 0 saturated carbocycles. The van der Waals surface area contributed by atoms with Gasteiger partial charge in [0.2, 0.25) is 0 Å². The first kappa shape index (κ1) is 17.7. The number of hydrogen-bond donors (Lipinski definition) is 2. The number of pyridine rings is 1. The van der Waals surface area contributed by atoms with Crippen LogP contribution in [0.1, 0.15) is 22.2 Å². The number of halogens is 1. The Balaban J connectivity index is 1.85. The standard InChI is InChI=1S/C20H16FNO4/c21-15-3-7-18(8-4-15)26-17-5-1-13(2-6-17)19-10-14(20(25)12-24)9-16(11-23)22-19/h1-11,20,24-25H,12H2/t20-/m0/s1. The molecule has 2 N–H and O–H groups in total. The monoisotopic (exact) mass is 353 g/mol. The Morgan fingerprint density at radius 3 is 2.23 bits per heavy atom. The number of aliphatic hydroxyl groups excluding tert-OH is 2. The molecule has 5 nitrogen and oxygen atoms in total. The third-order valence-corrected chi connectivity index (χ3v) is 3.75. The largest absolute Gasteiger partial charge is 0.457 e. The van der Waals surface area contributed by atoms with Crippen LogP contribution in [0.2, 0.25) is 0 Å². The molecule has 3 rings (SSSR count). The number of hydrogen-bond acceptors (Lipinski definition) is 5. The molecule has 0 aliphatic heterocycles. The molecule has 0 fully saturated rings. The average molecular weight is 353 g/mol. The van der Waals surface area contributed by atoms with Crippen LogP contribution in [-0.4, -0.2) is 28.1 Å². The van der Waals surface area contributed by atoms with Gasteiger partial charge >= 0.3 is 0 Å². The van der Waals surface area contributed by atoms with Crippen LogP contribution in [0.5, 0.6) is 11.5 Å². The highest BCUT2D eigenvalue weighted by Crippen LogP contribution is 2.27. The fourth-order valence-corrected chi connectivity index (χ4v) is 2.41. The van der Waals surface area contributed by atoms with Crippen molar-refractivity contribution < 1.29 is 24.1 Å². The molecule has 132 valence electrons. The normalized spacial score (nSPS) is 11.8. The van der Waals surface area contributed by atoms with Crippen LogP contribution in [-0.2, 0) is 0 Å². The zero-order valence-corrected chi connectivity index (χ0v) is 13.7. The maximum absolute atomic E-state index is 12.9. The summed E-state index contributed by atoms with van der Waals surface area (Å²) in [6.45, 7) is -0.452. The molecule has 0 unspecified atom stereocenters. The Hall–Kier alpha value is -3.09. The van der Waals surface area contributed by atoms with Gasteiger partial charge in [0.15, 0.2) is 6.29 Å². The number of rotatable bonds is 6. The first-order valence-electron chi connectivity index (χ1n) is 7.89. The van der Waals surface area contributed by atoms with Crippen LogP contribution in [0.15, 0.2) is 60.7 Å². The van der Waals surface area contributed by atoms with Crippen molar-refractivity contribution in [2.45, 2.75) is 6.10 Å². The van der Waals surface area contributed by atoms with E-state index in [0.717, 1.165) is 0 Å². The molecule has 1 atom stereocenters. The van der Waals surface area contributed by atoms with E-state index in [1.165, 1.54) is 30.3 Å². The van der Waals surface area contributed by atoms with Gasteiger partial charge in [-0.25, -0.2) is 9.37 Å². The summed E-state index contributed by atoms with van der Waals surface area (Å²) in [4.78, 5) is 15.3. The van der Waals surface area contributed by atoms with Gasteiger partial charge < -0.3 is 14.9 Å². The summed E-state index contributed by atoms with van der Waals surface area (Å²) in [5, 5.41) is 18.9. The fourth-order valence-electron chi connectivity index (χ4n) is 2.41. The predicted molar refractivity (Wildman–Crippen MR) is 93.6 cm³/mol. The Morgan fingerprint density at radius 1 is 1.04 bits per heavy atom. The third-order valence-electron chi connectivity index (χ3n) is 3.75. The van der Waals surface area contributed by atoms with Gasteiger partial charge in [0.05, 0.1) is 12.3 Å². The maximum Gasteiger partial charge on any atom is 0.168 e. The minimum Gasteiger partial charge on any atom is -0.457 e. The lowest BCUT2D eigenvalue weighted by molar-refractivity contribution is 0.0954. The Morgan fingerprint density at radius 2 is 1.65 bits per heavy atom. The molecule has 0 saturated heterocycles. The molecule has 6 heteroatoms. The van der Waals surface area contributed by atoms with Crippen LogP contribution in [0.4, 0.5) is 4.39 Å². The zero-order chi connectivity index (χ0) is 18.5. The van der Waals surface area contributed by atoms with Gasteiger partial charge in [-0.2, -0.15) is 0 Å². The van der Waals surface area contributed by atoms with Crippen LogP contribution in [0, 0.1) is 5.82 Å². The van der Waals surface area contributed by atoms with E-state index in [4.69, 9.17) is 9.84 Å². The summed E-state index contributed by atoms with van der Waals surface area (Å²) in [7, 11) is 0. The molecule has 1 heterocycles. The second-order valence-corrected chi connectivity index (χ2v) is 5.61. The molecule has 2 aromatic carbocycles. The quantitative estimate of drug-likeness (QED) is 0.663. The number of aromatic nitrogens is 1. The second kappa shape index (κ2) is 7.86. The van der Waals surface area contributed by atoms with E-state index >= 15 is 0 Å². The summed E-state index contributed by atoms with van der Waals surface area (Å²) in [5.41, 5.74) is 1.78. The van der Waals surface area contributed by atoms with Crippen LogP contribution in [0.25, 0.3) is 11.3 Å². The summed E-state index contributed by atoms with van der Waals surface area (Å²) in [5.74, 6) is 0.728. The van der Waals surface area contributed by atoms with Crippen molar-refractivity contribution in [3.05, 3.63) is 77.7 Å². The van der Waals surface area contributed by atoms with Crippen molar-refractivity contribution in [2.75, 3.05) is 6.61 Å². The number of carbonyl (C=O) groups is 1. The van der Waals surface area contributed by atoms with Crippen molar-refractivity contribution in [2.24, 2.45) is 0 Å². The molecule has 3 aromatic rings. The number of nitrogens with zero attached hydrogens (tertiary/aromatic N) is 1. The maximum atomic E-state index is 12.9. The predicted octanol–water partition coefficient (Wildman–Crippen LogP) is 3.52. The Bertz CT molecular complexity index is 895. The molecule has 1 aromatic heterocycles. The van der Waals surface area contributed by atoms with Crippen LogP contribution in [0.3, 0.4) is 0 Å². The minimum absolute atomic E-state index is 0.164. The van der Waals surface area contributed by atoms with Crippen molar-refractivity contribution in [1.82, 2.24) is 4.98 Å². The third kappa shape index (κ3) is 4.11. The molecule has 26 heavy (non-hydrogen) atoms. The number of aldehydes is 1. The van der Waals surface area contributed by atoms with E-state index in [-0.39, 0.29) is 11.5 Å². The highest BCUT2D eigenvalue weighted by molar-refractivity contribution is 5.74. The molecular formula is C20H16FNO4. The van der Waals surface area contributed by atoms with E-state index in [9.17, 15) is 14.3 Å². The summed E-state index contributed by atoms with van der Waals surface area (Å²) in [6, 6.07) is 15.7. The Labute approximate surface area is 149 Å². The van der Waals surface area contributed by atoms with Gasteiger partial charge in [0.1, 0.15) is 29.1 Å². The number of carbonyl (C=O) groups excluding carboxylic acids is 1. The van der Waals surface area contributed by atoms with Gasteiger partial charge in [-0.1, -0.05) is 0 Å². The summed E-state index contributed by atoms with van der Waals surface area (Å²) >= 11 is 0. The second-order valence-electron chi connectivity index (χ2n) is 5.61. The first-order valence-corrected chi connectivity index (χ1v) is 7.89. The molecule has 0 radical (unpaired) electrons. The number of aliphatic hydroxyl groups is 2. The van der Waals surface area contributed by atoms with Crippen LogP contribution >= 0.6 is 0 Å². The van der Waals surface area contributed by atoms with E-state index in [1.54, 1.807) is 30.3 Å². The van der Waals surface area contributed by atoms with Crippen molar-refractivity contribution in [3.8, 4) is 22.8 Å². The van der Waals surface area contributed by atoms with Crippen LogP contribution < -0.4 is 4.74 Å². The number of ether oxygens (including phenoxy) is 1. The van der Waals surface area contributed by atoms with E-state index < -0.39 is 12.7 Å². The topological polar surface area (TPSA) is 79.7 Å². The van der Waals surface area contributed by atoms with Gasteiger partial charge in [0, 0.05) is 5.56 Å². The van der Waals surface area contributed by atoms with Crippen molar-refractivity contribution in [3.63, 3.8) is 0 Å². The van der Waals surface area contributed by atoms with E-state index in [0.29, 0.717) is 34.6 Å². The first-order chi connectivity index (χ1) is 12.6. The highest BCUT2D eigenvalue weighted by atomic mass is 19.1. The molecule has 0 aliphatic rings. The van der Waals surface area contributed by atoms with E-state index in [2.05, 4.69) is 4.98 Å². The number of benzene rings is 2. The fraction of sp³-hybridized carbons (Fsp3) is 0.100. The minimum atomic E-state index is -1.09. The molecule has 0 amide bonds. The lowest BCUT2D eigenvalue weighted by Gasteiger charge is -2.11.